The number of nitrogen functional groups attached to an aromatic ring is 1. The van der Waals surface area contributed by atoms with Crippen LogP contribution in [-0.2, 0) is 0 Å². The van der Waals surface area contributed by atoms with Gasteiger partial charge in [0.2, 0.25) is 0 Å². The average molecular weight is 250 g/mol. The van der Waals surface area contributed by atoms with Crippen molar-refractivity contribution in [3.05, 3.63) is 27.9 Å². The summed E-state index contributed by atoms with van der Waals surface area (Å²) in [6, 6.07) is 1.20. The molecule has 0 aliphatic heterocycles. The van der Waals surface area contributed by atoms with E-state index in [1.165, 1.54) is 0 Å². The molecule has 0 aromatic carbocycles. The van der Waals surface area contributed by atoms with Crippen molar-refractivity contribution < 1.29 is 9.72 Å². The highest BCUT2D eigenvalue weighted by molar-refractivity contribution is 5.99. The maximum absolute atomic E-state index is 11.9. The zero-order chi connectivity index (χ0) is 13.3. The van der Waals surface area contributed by atoms with Gasteiger partial charge in [0.15, 0.2) is 0 Å². The summed E-state index contributed by atoms with van der Waals surface area (Å²) in [5, 5.41) is 13.4. The van der Waals surface area contributed by atoms with E-state index < -0.39 is 10.8 Å². The number of anilines is 1. The van der Waals surface area contributed by atoms with E-state index in [0.717, 1.165) is 25.1 Å². The van der Waals surface area contributed by atoms with Crippen molar-refractivity contribution in [2.24, 2.45) is 5.92 Å². The molecule has 3 N–H and O–H groups in total. The van der Waals surface area contributed by atoms with Crippen molar-refractivity contribution in [1.29, 1.82) is 0 Å². The standard InChI is InChI=1S/C11H14N4O3/c1-6(7-2-3-7)14-11(16)9-4-8(15(17)18)5-13-10(9)12/h4-7H,2-3H2,1H3,(H2,12,13)(H,14,16). The van der Waals surface area contributed by atoms with Crippen LogP contribution in [-0.4, -0.2) is 21.9 Å². The van der Waals surface area contributed by atoms with Crippen LogP contribution < -0.4 is 11.1 Å². The number of carbonyl (C=O) groups is 1. The molecule has 1 aliphatic carbocycles. The van der Waals surface area contributed by atoms with Crippen LogP contribution in [0.5, 0.6) is 0 Å². The van der Waals surface area contributed by atoms with Crippen molar-refractivity contribution >= 4 is 17.4 Å². The Labute approximate surface area is 104 Å². The van der Waals surface area contributed by atoms with Crippen LogP contribution in [0.1, 0.15) is 30.1 Å². The first-order valence-electron chi connectivity index (χ1n) is 5.70. The molecular weight excluding hydrogens is 236 g/mol. The third kappa shape index (κ3) is 2.55. The first kappa shape index (κ1) is 12.3. The fourth-order valence-corrected chi connectivity index (χ4v) is 1.74. The second-order valence-electron chi connectivity index (χ2n) is 4.48. The summed E-state index contributed by atoms with van der Waals surface area (Å²) < 4.78 is 0. The lowest BCUT2D eigenvalue weighted by atomic mass is 10.1. The molecule has 1 unspecified atom stereocenters. The number of amides is 1. The lowest BCUT2D eigenvalue weighted by molar-refractivity contribution is -0.385. The Bertz CT molecular complexity index is 499. The minimum absolute atomic E-state index is 0.00102. The van der Waals surface area contributed by atoms with E-state index in [4.69, 9.17) is 5.73 Å². The molecule has 1 aromatic rings. The molecule has 2 rings (SSSR count). The van der Waals surface area contributed by atoms with Gasteiger partial charge in [0.1, 0.15) is 12.0 Å². The molecule has 0 bridgehead atoms. The molecule has 1 amide bonds. The van der Waals surface area contributed by atoms with Crippen molar-refractivity contribution in [3.8, 4) is 0 Å². The van der Waals surface area contributed by atoms with E-state index in [0.29, 0.717) is 5.92 Å². The molecule has 7 nitrogen and oxygen atoms in total. The van der Waals surface area contributed by atoms with Crippen LogP contribution in [0.2, 0.25) is 0 Å². The molecule has 1 heterocycles. The molecule has 0 radical (unpaired) electrons. The monoisotopic (exact) mass is 250 g/mol. The van der Waals surface area contributed by atoms with Crippen molar-refractivity contribution in [3.63, 3.8) is 0 Å². The van der Waals surface area contributed by atoms with Crippen LogP contribution in [0.15, 0.2) is 12.3 Å². The smallest absolute Gasteiger partial charge is 0.288 e. The second-order valence-corrected chi connectivity index (χ2v) is 4.48. The van der Waals surface area contributed by atoms with E-state index in [1.807, 2.05) is 6.92 Å². The number of pyridine rings is 1. The van der Waals surface area contributed by atoms with Crippen LogP contribution in [0, 0.1) is 16.0 Å². The summed E-state index contributed by atoms with van der Waals surface area (Å²) in [5.74, 6) is 0.0889. The number of aromatic nitrogens is 1. The molecule has 1 saturated carbocycles. The van der Waals surface area contributed by atoms with E-state index in [2.05, 4.69) is 10.3 Å². The van der Waals surface area contributed by atoms with Gasteiger partial charge in [0.25, 0.3) is 11.6 Å². The van der Waals surface area contributed by atoms with Crippen molar-refractivity contribution in [2.45, 2.75) is 25.8 Å². The van der Waals surface area contributed by atoms with E-state index in [1.54, 1.807) is 0 Å². The van der Waals surface area contributed by atoms with Crippen LogP contribution in [0.3, 0.4) is 0 Å². The van der Waals surface area contributed by atoms with Gasteiger partial charge in [0, 0.05) is 12.1 Å². The third-order valence-electron chi connectivity index (χ3n) is 3.05. The number of nitrogens with zero attached hydrogens (tertiary/aromatic N) is 2. The van der Waals surface area contributed by atoms with Crippen LogP contribution in [0.25, 0.3) is 0 Å². The fraction of sp³-hybridized carbons (Fsp3) is 0.455. The number of hydrogen-bond donors (Lipinski definition) is 2. The Hall–Kier alpha value is -2.18. The SMILES string of the molecule is CC(NC(=O)c1cc([N+](=O)[O-])cnc1N)C1CC1. The molecule has 0 spiro atoms. The first-order chi connectivity index (χ1) is 8.49. The summed E-state index contributed by atoms with van der Waals surface area (Å²) in [5.41, 5.74) is 5.37. The highest BCUT2D eigenvalue weighted by atomic mass is 16.6. The van der Waals surface area contributed by atoms with Gasteiger partial charge in [-0.25, -0.2) is 4.98 Å². The number of carbonyl (C=O) groups excluding carboxylic acids is 1. The third-order valence-corrected chi connectivity index (χ3v) is 3.05. The Balaban J connectivity index is 2.17. The second kappa shape index (κ2) is 4.59. The highest BCUT2D eigenvalue weighted by Crippen LogP contribution is 2.32. The molecule has 96 valence electrons. The molecule has 18 heavy (non-hydrogen) atoms. The average Bonchev–Trinajstić information content (AvgIpc) is 3.12. The predicted molar refractivity (Wildman–Crippen MR) is 65.0 cm³/mol. The number of nitrogens with one attached hydrogen (secondary N) is 1. The van der Waals surface area contributed by atoms with Gasteiger partial charge in [-0.2, -0.15) is 0 Å². The molecule has 7 heteroatoms. The molecule has 1 aliphatic rings. The molecule has 0 saturated heterocycles. The Morgan fingerprint density at radius 3 is 2.89 bits per heavy atom. The summed E-state index contributed by atoms with van der Waals surface area (Å²) in [4.78, 5) is 25.6. The van der Waals surface area contributed by atoms with Gasteiger partial charge in [-0.3, -0.25) is 14.9 Å². The fourth-order valence-electron chi connectivity index (χ4n) is 1.74. The minimum atomic E-state index is -0.604. The lowest BCUT2D eigenvalue weighted by Crippen LogP contribution is -2.34. The zero-order valence-electron chi connectivity index (χ0n) is 9.92. The number of nitro groups is 1. The summed E-state index contributed by atoms with van der Waals surface area (Å²) in [7, 11) is 0. The molecular formula is C11H14N4O3. The van der Waals surface area contributed by atoms with E-state index in [9.17, 15) is 14.9 Å². The van der Waals surface area contributed by atoms with Gasteiger partial charge in [0.05, 0.1) is 10.5 Å². The van der Waals surface area contributed by atoms with Gasteiger partial charge in [-0.15, -0.1) is 0 Å². The van der Waals surface area contributed by atoms with E-state index in [-0.39, 0.29) is 23.1 Å². The van der Waals surface area contributed by atoms with E-state index >= 15 is 0 Å². The van der Waals surface area contributed by atoms with Gasteiger partial charge >= 0.3 is 0 Å². The predicted octanol–water partition coefficient (Wildman–Crippen LogP) is 1.10. The van der Waals surface area contributed by atoms with Gasteiger partial charge in [-0.1, -0.05) is 0 Å². The maximum Gasteiger partial charge on any atom is 0.288 e. The van der Waals surface area contributed by atoms with Crippen molar-refractivity contribution in [2.75, 3.05) is 5.73 Å². The van der Waals surface area contributed by atoms with Gasteiger partial charge in [-0.05, 0) is 25.7 Å². The number of rotatable bonds is 4. The first-order valence-corrected chi connectivity index (χ1v) is 5.70. The molecule has 1 atom stereocenters. The lowest BCUT2D eigenvalue weighted by Gasteiger charge is -2.13. The number of nitrogens with two attached hydrogens (primary N) is 1. The quantitative estimate of drug-likeness (QED) is 0.614. The zero-order valence-corrected chi connectivity index (χ0v) is 9.92. The Kier molecular flexibility index (Phi) is 3.14. The summed E-state index contributed by atoms with van der Waals surface area (Å²) in [6.45, 7) is 1.91. The normalized spacial score (nSPS) is 16.1. The van der Waals surface area contributed by atoms with Crippen LogP contribution >= 0.6 is 0 Å². The topological polar surface area (TPSA) is 111 Å². The summed E-state index contributed by atoms with van der Waals surface area (Å²) >= 11 is 0. The maximum atomic E-state index is 11.9. The van der Waals surface area contributed by atoms with Crippen molar-refractivity contribution in [1.82, 2.24) is 10.3 Å². The Morgan fingerprint density at radius 1 is 1.67 bits per heavy atom. The number of hydrogen-bond acceptors (Lipinski definition) is 5. The summed E-state index contributed by atoms with van der Waals surface area (Å²) in [6.07, 6.45) is 3.24. The Morgan fingerprint density at radius 2 is 2.33 bits per heavy atom. The minimum Gasteiger partial charge on any atom is -0.383 e. The largest absolute Gasteiger partial charge is 0.383 e. The highest BCUT2D eigenvalue weighted by Gasteiger charge is 2.29. The van der Waals surface area contributed by atoms with Crippen LogP contribution in [0.4, 0.5) is 11.5 Å². The van der Waals surface area contributed by atoms with Gasteiger partial charge < -0.3 is 11.1 Å². The molecule has 1 fully saturated rings. The molecule has 1 aromatic heterocycles.